The van der Waals surface area contributed by atoms with Gasteiger partial charge in [0.2, 0.25) is 0 Å². The zero-order valence-corrected chi connectivity index (χ0v) is 14.9. The Labute approximate surface area is 129 Å². The van der Waals surface area contributed by atoms with E-state index in [2.05, 4.69) is 31.9 Å². The summed E-state index contributed by atoms with van der Waals surface area (Å²) in [6.45, 7) is 12.0. The highest BCUT2D eigenvalue weighted by atomic mass is 127. The molecule has 0 aliphatic carbocycles. The first-order chi connectivity index (χ1) is 8.34. The number of amides is 1. The van der Waals surface area contributed by atoms with Gasteiger partial charge in [-0.05, 0) is 18.6 Å². The fourth-order valence-corrected chi connectivity index (χ4v) is 3.47. The van der Waals surface area contributed by atoms with Crippen molar-refractivity contribution in [3.8, 4) is 0 Å². The van der Waals surface area contributed by atoms with Crippen LogP contribution < -0.4 is 0 Å². The summed E-state index contributed by atoms with van der Waals surface area (Å²) in [5.74, 6) is 0.717. The number of rotatable bonds is 5. The highest BCUT2D eigenvalue weighted by molar-refractivity contribution is 14.1. The van der Waals surface area contributed by atoms with Crippen molar-refractivity contribution in [2.45, 2.75) is 31.9 Å². The van der Waals surface area contributed by atoms with Gasteiger partial charge >= 0.3 is 0 Å². The number of nitrogens with zero attached hydrogens (tertiary/aromatic N) is 2. The predicted octanol–water partition coefficient (Wildman–Crippen LogP) is 3.33. The lowest BCUT2D eigenvalue weighted by Gasteiger charge is -2.36. The van der Waals surface area contributed by atoms with Crippen molar-refractivity contribution < 1.29 is 4.79 Å². The van der Waals surface area contributed by atoms with Crippen LogP contribution in [0.4, 0.5) is 4.79 Å². The molecule has 0 N–H and O–H groups in total. The summed E-state index contributed by atoms with van der Waals surface area (Å²) in [6.07, 6.45) is 3.44. The monoisotopic (exact) mass is 384 g/mol. The van der Waals surface area contributed by atoms with Crippen molar-refractivity contribution in [1.82, 2.24) is 9.80 Å². The third kappa shape index (κ3) is 5.65. The molecule has 5 heteroatoms. The number of carbonyl (C=O) groups excluding carboxylic acids is 1. The molecule has 0 aromatic rings. The van der Waals surface area contributed by atoms with Gasteiger partial charge in [0.25, 0.3) is 3.91 Å². The number of hydrogen-bond donors (Lipinski definition) is 0. The third-order valence-corrected chi connectivity index (χ3v) is 5.54. The minimum Gasteiger partial charge on any atom is -0.332 e. The topological polar surface area (TPSA) is 23.6 Å². The van der Waals surface area contributed by atoms with Gasteiger partial charge in [-0.1, -0.05) is 20.8 Å². The third-order valence-electron chi connectivity index (χ3n) is 3.58. The standard InChI is InChI=1S/C13H25IN2OS/c1-11(9-13(2,3)18-4)10-15-5-7-16(8-6-15)12(14)17/h11H,5-10H2,1-4H3. The Balaban J connectivity index is 2.30. The maximum Gasteiger partial charge on any atom is 0.283 e. The minimum absolute atomic E-state index is 0.184. The largest absolute Gasteiger partial charge is 0.332 e. The van der Waals surface area contributed by atoms with Crippen LogP contribution in [-0.4, -0.2) is 57.4 Å². The van der Waals surface area contributed by atoms with Crippen LogP contribution in [-0.2, 0) is 0 Å². The summed E-state index contributed by atoms with van der Waals surface area (Å²) in [6, 6.07) is 0. The molecule has 1 fully saturated rings. The SMILES string of the molecule is CSC(C)(C)CC(C)CN1CCN(C(=O)I)CC1. The van der Waals surface area contributed by atoms with E-state index in [1.165, 1.54) is 6.42 Å². The minimum atomic E-state index is 0.184. The molecule has 0 saturated carbocycles. The maximum absolute atomic E-state index is 11.2. The molecule has 1 atom stereocenters. The van der Waals surface area contributed by atoms with Crippen LogP contribution in [0.25, 0.3) is 0 Å². The van der Waals surface area contributed by atoms with E-state index >= 15 is 0 Å². The Morgan fingerprint density at radius 2 is 1.89 bits per heavy atom. The molecule has 0 radical (unpaired) electrons. The smallest absolute Gasteiger partial charge is 0.283 e. The number of piperazine rings is 1. The summed E-state index contributed by atoms with van der Waals surface area (Å²) >= 11 is 3.83. The molecular formula is C13H25IN2OS. The summed E-state index contributed by atoms with van der Waals surface area (Å²) in [4.78, 5) is 15.7. The maximum atomic E-state index is 11.2. The van der Waals surface area contributed by atoms with E-state index in [0.29, 0.717) is 10.7 Å². The molecule has 106 valence electrons. The number of carbonyl (C=O) groups is 1. The summed E-state index contributed by atoms with van der Waals surface area (Å²) in [7, 11) is 0. The summed E-state index contributed by atoms with van der Waals surface area (Å²) in [5, 5.41) is 0. The second-order valence-electron chi connectivity index (χ2n) is 5.81. The molecule has 1 amide bonds. The lowest BCUT2D eigenvalue weighted by molar-refractivity contribution is 0.140. The van der Waals surface area contributed by atoms with Crippen molar-refractivity contribution in [3.05, 3.63) is 0 Å². The number of halogens is 1. The van der Waals surface area contributed by atoms with E-state index in [9.17, 15) is 4.79 Å². The molecule has 1 rings (SSSR count). The van der Waals surface area contributed by atoms with Gasteiger partial charge in [0, 0.05) is 60.1 Å². The van der Waals surface area contributed by atoms with Gasteiger partial charge in [-0.15, -0.1) is 0 Å². The van der Waals surface area contributed by atoms with Gasteiger partial charge < -0.3 is 4.90 Å². The quantitative estimate of drug-likeness (QED) is 0.413. The van der Waals surface area contributed by atoms with E-state index < -0.39 is 0 Å². The second-order valence-corrected chi connectivity index (χ2v) is 8.25. The highest BCUT2D eigenvalue weighted by Crippen LogP contribution is 2.29. The Hall–Kier alpha value is 0.510. The van der Waals surface area contributed by atoms with Gasteiger partial charge in [0.1, 0.15) is 0 Å². The second kappa shape index (κ2) is 7.33. The molecule has 1 unspecified atom stereocenters. The van der Waals surface area contributed by atoms with Gasteiger partial charge in [-0.25, -0.2) is 0 Å². The molecule has 0 aromatic heterocycles. The van der Waals surface area contributed by atoms with Crippen LogP contribution in [0, 0.1) is 5.92 Å². The Morgan fingerprint density at radius 3 is 2.33 bits per heavy atom. The van der Waals surface area contributed by atoms with Crippen LogP contribution >= 0.6 is 34.4 Å². The molecule has 18 heavy (non-hydrogen) atoms. The van der Waals surface area contributed by atoms with Crippen LogP contribution in [0.1, 0.15) is 27.2 Å². The van der Waals surface area contributed by atoms with Crippen molar-refractivity contribution in [1.29, 1.82) is 0 Å². The van der Waals surface area contributed by atoms with Gasteiger partial charge in [0.05, 0.1) is 0 Å². The number of thioether (sulfide) groups is 1. The summed E-state index contributed by atoms with van der Waals surface area (Å²) < 4.78 is 0.559. The zero-order valence-electron chi connectivity index (χ0n) is 11.9. The first kappa shape index (κ1) is 16.6. The molecule has 0 bridgehead atoms. The fraction of sp³-hybridized carbons (Fsp3) is 0.923. The first-order valence-corrected chi connectivity index (χ1v) is 8.86. The van der Waals surface area contributed by atoms with E-state index in [4.69, 9.17) is 0 Å². The van der Waals surface area contributed by atoms with E-state index in [0.717, 1.165) is 32.7 Å². The molecular weight excluding hydrogens is 359 g/mol. The lowest BCUT2D eigenvalue weighted by Crippen LogP contribution is -2.48. The molecule has 3 nitrogen and oxygen atoms in total. The Kier molecular flexibility index (Phi) is 6.75. The molecule has 0 spiro atoms. The normalized spacial score (nSPS) is 19.9. The van der Waals surface area contributed by atoms with Crippen molar-refractivity contribution >= 4 is 38.3 Å². The summed E-state index contributed by atoms with van der Waals surface area (Å²) in [5.41, 5.74) is 0. The number of hydrogen-bond acceptors (Lipinski definition) is 3. The van der Waals surface area contributed by atoms with Crippen molar-refractivity contribution in [2.75, 3.05) is 39.0 Å². The van der Waals surface area contributed by atoms with Crippen LogP contribution in [0.2, 0.25) is 0 Å². The van der Waals surface area contributed by atoms with E-state index in [1.54, 1.807) is 0 Å². The average Bonchev–Trinajstić information content (AvgIpc) is 2.29. The molecule has 0 aromatic carbocycles. The average molecular weight is 384 g/mol. The van der Waals surface area contributed by atoms with Crippen LogP contribution in [0.3, 0.4) is 0 Å². The zero-order chi connectivity index (χ0) is 13.8. The van der Waals surface area contributed by atoms with Gasteiger partial charge in [-0.2, -0.15) is 11.8 Å². The first-order valence-electron chi connectivity index (χ1n) is 6.56. The van der Waals surface area contributed by atoms with Crippen LogP contribution in [0.5, 0.6) is 0 Å². The fourth-order valence-electron chi connectivity index (χ4n) is 2.53. The van der Waals surface area contributed by atoms with Gasteiger partial charge in [0.15, 0.2) is 0 Å². The van der Waals surface area contributed by atoms with E-state index in [-0.39, 0.29) is 3.91 Å². The van der Waals surface area contributed by atoms with Crippen LogP contribution in [0.15, 0.2) is 0 Å². The Morgan fingerprint density at radius 1 is 1.33 bits per heavy atom. The highest BCUT2D eigenvalue weighted by Gasteiger charge is 2.24. The molecule has 1 heterocycles. The lowest BCUT2D eigenvalue weighted by atomic mass is 9.97. The van der Waals surface area contributed by atoms with Crippen molar-refractivity contribution in [3.63, 3.8) is 0 Å². The molecule has 1 aliphatic heterocycles. The molecule has 1 saturated heterocycles. The van der Waals surface area contributed by atoms with Gasteiger partial charge in [-0.3, -0.25) is 9.69 Å². The van der Waals surface area contributed by atoms with E-state index in [1.807, 2.05) is 39.3 Å². The van der Waals surface area contributed by atoms with Crippen molar-refractivity contribution in [2.24, 2.45) is 5.92 Å². The Bertz CT molecular complexity index is 278. The predicted molar refractivity (Wildman–Crippen MR) is 88.8 cm³/mol. The molecule has 1 aliphatic rings.